The van der Waals surface area contributed by atoms with Crippen LogP contribution in [0.3, 0.4) is 0 Å². The Balaban J connectivity index is 1.48. The Kier molecular flexibility index (Phi) is 5.95. The number of aryl methyl sites for hydroxylation is 2. The molecule has 1 fully saturated rings. The van der Waals surface area contributed by atoms with E-state index >= 15 is 0 Å². The smallest absolute Gasteiger partial charge is 0.270 e. The molecule has 0 amide bonds. The lowest BCUT2D eigenvalue weighted by molar-refractivity contribution is 0.304. The maximum Gasteiger partial charge on any atom is 0.270 e. The van der Waals surface area contributed by atoms with Crippen molar-refractivity contribution in [1.82, 2.24) is 9.55 Å². The molecule has 180 valence electrons. The molecule has 5 rings (SSSR count). The first kappa shape index (κ1) is 22.9. The number of hydrogen-bond donors (Lipinski definition) is 1. The molecule has 3 heterocycles. The Labute approximate surface area is 203 Å². The number of oxazole rings is 1. The number of likely N-dealkylation sites (N-methyl/N-ethyl adjacent to an activating group) is 1. The molecule has 1 aliphatic rings. The zero-order chi connectivity index (χ0) is 24.7. The highest BCUT2D eigenvalue weighted by molar-refractivity contribution is 5.96. The summed E-state index contributed by atoms with van der Waals surface area (Å²) >= 11 is 0. The van der Waals surface area contributed by atoms with Gasteiger partial charge in [0, 0.05) is 50.7 Å². The second-order valence-electron chi connectivity index (χ2n) is 9.33. The van der Waals surface area contributed by atoms with Crippen molar-refractivity contribution in [2.45, 2.75) is 25.7 Å². The highest BCUT2D eigenvalue weighted by Gasteiger charge is 2.28. The fourth-order valence-electron chi connectivity index (χ4n) is 5.04. The van der Waals surface area contributed by atoms with Crippen LogP contribution < -0.4 is 15.4 Å². The van der Waals surface area contributed by atoms with Gasteiger partial charge in [0.1, 0.15) is 17.1 Å². The van der Waals surface area contributed by atoms with Crippen molar-refractivity contribution < 1.29 is 9.52 Å². The molecule has 1 aliphatic heterocycles. The van der Waals surface area contributed by atoms with Crippen molar-refractivity contribution in [2.24, 2.45) is 7.05 Å². The molecular weight excluding hydrogens is 442 g/mol. The monoisotopic (exact) mass is 471 g/mol. The van der Waals surface area contributed by atoms with Crippen LogP contribution in [0, 0.1) is 18.3 Å². The van der Waals surface area contributed by atoms with Crippen molar-refractivity contribution in [3.8, 4) is 6.07 Å². The quantitative estimate of drug-likeness (QED) is 0.474. The van der Waals surface area contributed by atoms with Crippen molar-refractivity contribution >= 4 is 33.4 Å². The first-order valence-electron chi connectivity index (χ1n) is 11.9. The number of nitrogens with zero attached hydrogens (tertiary/aromatic N) is 5. The van der Waals surface area contributed by atoms with Gasteiger partial charge in [-0.05, 0) is 55.7 Å². The van der Waals surface area contributed by atoms with Crippen LogP contribution in [0.1, 0.15) is 35.8 Å². The van der Waals surface area contributed by atoms with Crippen LogP contribution in [0.4, 0.5) is 11.4 Å². The highest BCUT2D eigenvalue weighted by Crippen LogP contribution is 2.36. The van der Waals surface area contributed by atoms with E-state index in [1.165, 1.54) is 0 Å². The first-order valence-corrected chi connectivity index (χ1v) is 11.9. The minimum Gasteiger partial charge on any atom is -0.440 e. The zero-order valence-electron chi connectivity index (χ0n) is 20.3. The molecule has 35 heavy (non-hydrogen) atoms. The Morgan fingerprint density at radius 2 is 2.00 bits per heavy atom. The fourth-order valence-corrected chi connectivity index (χ4v) is 5.04. The number of fused-ring (bicyclic) bond motifs is 2. The third-order valence-corrected chi connectivity index (χ3v) is 7.06. The maximum atomic E-state index is 13.1. The van der Waals surface area contributed by atoms with Crippen LogP contribution in [-0.4, -0.2) is 47.9 Å². The molecule has 0 bridgehead atoms. The Morgan fingerprint density at radius 3 is 2.71 bits per heavy atom. The van der Waals surface area contributed by atoms with E-state index in [4.69, 9.17) is 9.40 Å². The zero-order valence-corrected chi connectivity index (χ0v) is 20.3. The first-order chi connectivity index (χ1) is 16.9. The minimum absolute atomic E-state index is 0.0424. The number of benzene rings is 2. The van der Waals surface area contributed by atoms with Gasteiger partial charge in [0.2, 0.25) is 0 Å². The van der Waals surface area contributed by atoms with Crippen molar-refractivity contribution in [1.29, 1.82) is 5.26 Å². The molecular formula is C27H29N5O3. The number of aliphatic hydroxyl groups is 1. The van der Waals surface area contributed by atoms with Gasteiger partial charge in [-0.25, -0.2) is 4.98 Å². The summed E-state index contributed by atoms with van der Waals surface area (Å²) in [7, 11) is 3.60. The van der Waals surface area contributed by atoms with E-state index in [2.05, 4.69) is 11.0 Å². The summed E-state index contributed by atoms with van der Waals surface area (Å²) in [6.45, 7) is 3.98. The molecule has 4 aromatic rings. The number of pyridine rings is 1. The maximum absolute atomic E-state index is 13.1. The summed E-state index contributed by atoms with van der Waals surface area (Å²) in [6.07, 6.45) is 1.65. The SMILES string of the molecule is Cc1ccc2oc(C3CCN(c4c(C#N)c(=O)n(C)c5cc(N(C)CCO)ccc45)CC3)nc2c1. The predicted molar refractivity (Wildman–Crippen MR) is 137 cm³/mol. The average Bonchev–Trinajstić information content (AvgIpc) is 3.29. The summed E-state index contributed by atoms with van der Waals surface area (Å²) in [5.74, 6) is 0.956. The van der Waals surface area contributed by atoms with Gasteiger partial charge in [-0.2, -0.15) is 5.26 Å². The van der Waals surface area contributed by atoms with Crippen LogP contribution in [0.15, 0.2) is 45.6 Å². The minimum atomic E-state index is -0.298. The molecule has 8 heteroatoms. The van der Waals surface area contributed by atoms with Crippen LogP contribution in [0.2, 0.25) is 0 Å². The largest absolute Gasteiger partial charge is 0.440 e. The van der Waals surface area contributed by atoms with E-state index in [-0.39, 0.29) is 23.6 Å². The number of piperidine rings is 1. The van der Waals surface area contributed by atoms with Gasteiger partial charge in [-0.3, -0.25) is 4.79 Å². The molecule has 0 spiro atoms. The lowest BCUT2D eigenvalue weighted by Crippen LogP contribution is -2.36. The molecule has 2 aromatic carbocycles. The lowest BCUT2D eigenvalue weighted by Gasteiger charge is -2.34. The van der Waals surface area contributed by atoms with Crippen molar-refractivity contribution in [3.63, 3.8) is 0 Å². The Bertz CT molecular complexity index is 1510. The second-order valence-corrected chi connectivity index (χ2v) is 9.33. The molecule has 8 nitrogen and oxygen atoms in total. The summed E-state index contributed by atoms with van der Waals surface area (Å²) in [5, 5.41) is 20.1. The number of hydrogen-bond acceptors (Lipinski definition) is 7. The standard InChI is InChI=1S/C27H29N5O3/c1-17-4-7-24-22(14-17)29-26(35-24)18-8-10-32(11-9-18)25-20-6-5-19(30(2)12-13-33)15-23(20)31(3)27(34)21(25)16-28/h4-7,14-15,18,33H,8-13H2,1-3H3. The Hall–Kier alpha value is -3.83. The predicted octanol–water partition coefficient (Wildman–Crippen LogP) is 3.67. The molecule has 0 atom stereocenters. The fraction of sp³-hybridized carbons (Fsp3) is 0.370. The van der Waals surface area contributed by atoms with Gasteiger partial charge in [0.25, 0.3) is 5.56 Å². The molecule has 0 aliphatic carbocycles. The second kappa shape index (κ2) is 9.08. The van der Waals surface area contributed by atoms with E-state index in [0.717, 1.165) is 52.0 Å². The summed E-state index contributed by atoms with van der Waals surface area (Å²) in [5.41, 5.74) is 5.09. The van der Waals surface area contributed by atoms with E-state index in [9.17, 15) is 15.2 Å². The Morgan fingerprint density at radius 1 is 1.23 bits per heavy atom. The van der Waals surface area contributed by atoms with E-state index in [1.807, 2.05) is 55.3 Å². The van der Waals surface area contributed by atoms with E-state index in [0.29, 0.717) is 25.3 Å². The van der Waals surface area contributed by atoms with Gasteiger partial charge in [-0.1, -0.05) is 6.07 Å². The normalized spacial score (nSPS) is 14.5. The third kappa shape index (κ3) is 4.02. The molecule has 1 saturated heterocycles. The summed E-state index contributed by atoms with van der Waals surface area (Å²) < 4.78 is 7.59. The molecule has 0 unspecified atom stereocenters. The van der Waals surface area contributed by atoms with Crippen molar-refractivity contribution in [2.75, 3.05) is 43.1 Å². The molecule has 0 radical (unpaired) electrons. The van der Waals surface area contributed by atoms with Gasteiger partial charge in [-0.15, -0.1) is 0 Å². The van der Waals surface area contributed by atoms with E-state index < -0.39 is 0 Å². The van der Waals surface area contributed by atoms with Crippen LogP contribution >= 0.6 is 0 Å². The average molecular weight is 472 g/mol. The van der Waals surface area contributed by atoms with Crippen LogP contribution in [0.5, 0.6) is 0 Å². The van der Waals surface area contributed by atoms with Gasteiger partial charge < -0.3 is 23.9 Å². The van der Waals surface area contributed by atoms with Gasteiger partial charge in [0.15, 0.2) is 11.5 Å². The summed E-state index contributed by atoms with van der Waals surface area (Å²) in [4.78, 5) is 22.0. The van der Waals surface area contributed by atoms with Gasteiger partial charge >= 0.3 is 0 Å². The van der Waals surface area contributed by atoms with Crippen molar-refractivity contribution in [3.05, 3.63) is 63.8 Å². The number of aliphatic hydroxyl groups excluding tert-OH is 1. The number of anilines is 2. The number of nitriles is 1. The van der Waals surface area contributed by atoms with Crippen LogP contribution in [0.25, 0.3) is 22.0 Å². The molecule has 1 N–H and O–H groups in total. The molecule has 0 saturated carbocycles. The topological polar surface area (TPSA) is 98.5 Å². The number of rotatable bonds is 5. The van der Waals surface area contributed by atoms with Crippen LogP contribution in [-0.2, 0) is 7.05 Å². The van der Waals surface area contributed by atoms with E-state index in [1.54, 1.807) is 11.6 Å². The highest BCUT2D eigenvalue weighted by atomic mass is 16.3. The molecule has 2 aromatic heterocycles. The lowest BCUT2D eigenvalue weighted by atomic mass is 9.95. The third-order valence-electron chi connectivity index (χ3n) is 7.06. The summed E-state index contributed by atoms with van der Waals surface area (Å²) in [6, 6.07) is 14.1. The van der Waals surface area contributed by atoms with Gasteiger partial charge in [0.05, 0.1) is 17.8 Å². The number of aromatic nitrogens is 2.